The molecule has 120 valence electrons. The van der Waals surface area contributed by atoms with Gasteiger partial charge in [-0.1, -0.05) is 18.2 Å². The van der Waals surface area contributed by atoms with Gasteiger partial charge < -0.3 is 10.1 Å². The lowest BCUT2D eigenvalue weighted by Crippen LogP contribution is -2.13. The second kappa shape index (κ2) is 7.20. The number of anilines is 1. The highest BCUT2D eigenvalue weighted by atomic mass is 19.3. The van der Waals surface area contributed by atoms with Crippen LogP contribution in [0.15, 0.2) is 53.8 Å². The van der Waals surface area contributed by atoms with E-state index in [0.29, 0.717) is 17.0 Å². The summed E-state index contributed by atoms with van der Waals surface area (Å²) in [5.74, 6) is -3.40. The predicted molar refractivity (Wildman–Crippen MR) is 83.8 cm³/mol. The van der Waals surface area contributed by atoms with Gasteiger partial charge in [-0.25, -0.2) is 13.2 Å². The van der Waals surface area contributed by atoms with Crippen LogP contribution in [0.4, 0.5) is 18.9 Å². The van der Waals surface area contributed by atoms with Crippen molar-refractivity contribution in [1.29, 1.82) is 0 Å². The minimum Gasteiger partial charge on any atom is -0.494 e. The van der Waals surface area contributed by atoms with Crippen molar-refractivity contribution in [2.45, 2.75) is 26.7 Å². The standard InChI is InChI=1S/C17H20F3NO/c1-11(2)8-13(17(4,19)20)9-12(3)21-14-6-7-16(22-5)15(18)10-14/h6-10,21H,1H2,2-5H3/b12-9+,13-8+. The molecule has 0 saturated heterocycles. The predicted octanol–water partition coefficient (Wildman–Crippen LogP) is 5.31. The summed E-state index contributed by atoms with van der Waals surface area (Å²) >= 11 is 0. The Bertz CT molecular complexity index is 613. The van der Waals surface area contributed by atoms with Gasteiger partial charge in [0.25, 0.3) is 5.92 Å². The Morgan fingerprint density at radius 3 is 2.36 bits per heavy atom. The lowest BCUT2D eigenvalue weighted by atomic mass is 10.1. The molecule has 0 amide bonds. The van der Waals surface area contributed by atoms with Gasteiger partial charge in [0.2, 0.25) is 0 Å². The Morgan fingerprint density at radius 2 is 1.91 bits per heavy atom. The zero-order valence-electron chi connectivity index (χ0n) is 13.1. The number of hydrogen-bond donors (Lipinski definition) is 1. The molecule has 0 aliphatic rings. The van der Waals surface area contributed by atoms with E-state index in [-0.39, 0.29) is 11.3 Å². The summed E-state index contributed by atoms with van der Waals surface area (Å²) in [6.07, 6.45) is 2.64. The molecule has 0 saturated carbocycles. The van der Waals surface area contributed by atoms with Crippen LogP contribution >= 0.6 is 0 Å². The first kappa shape index (κ1) is 17.9. The number of methoxy groups -OCH3 is 1. The van der Waals surface area contributed by atoms with Gasteiger partial charge >= 0.3 is 0 Å². The number of nitrogens with one attached hydrogen (secondary N) is 1. The van der Waals surface area contributed by atoms with E-state index in [1.807, 2.05) is 0 Å². The van der Waals surface area contributed by atoms with Gasteiger partial charge in [-0.3, -0.25) is 0 Å². The van der Waals surface area contributed by atoms with Gasteiger partial charge in [-0.05, 0) is 32.1 Å². The van der Waals surface area contributed by atoms with Gasteiger partial charge in [-0.15, -0.1) is 0 Å². The molecular formula is C17H20F3NO. The summed E-state index contributed by atoms with van der Waals surface area (Å²) in [5.41, 5.74) is 1.26. The number of hydrogen-bond acceptors (Lipinski definition) is 2. The van der Waals surface area contributed by atoms with Crippen LogP contribution in [0, 0.1) is 5.82 Å². The van der Waals surface area contributed by atoms with Gasteiger partial charge in [0.1, 0.15) is 0 Å². The molecule has 1 rings (SSSR count). The van der Waals surface area contributed by atoms with Crippen molar-refractivity contribution in [3.05, 3.63) is 59.6 Å². The zero-order chi connectivity index (χ0) is 16.9. The fraction of sp³-hybridized carbons (Fsp3) is 0.294. The van der Waals surface area contributed by atoms with E-state index in [9.17, 15) is 13.2 Å². The summed E-state index contributed by atoms with van der Waals surface area (Å²) in [6.45, 7) is 7.69. The first-order chi connectivity index (χ1) is 10.1. The van der Waals surface area contributed by atoms with E-state index in [1.165, 1.54) is 31.4 Å². The van der Waals surface area contributed by atoms with Crippen molar-refractivity contribution in [3.8, 4) is 5.75 Å². The molecule has 5 heteroatoms. The lowest BCUT2D eigenvalue weighted by molar-refractivity contribution is 0.0673. The quantitative estimate of drug-likeness (QED) is 0.719. The summed E-state index contributed by atoms with van der Waals surface area (Å²) in [5, 5.41) is 2.87. The molecule has 0 spiro atoms. The van der Waals surface area contributed by atoms with E-state index in [0.717, 1.165) is 6.92 Å². The zero-order valence-corrected chi connectivity index (χ0v) is 13.1. The first-order valence-corrected chi connectivity index (χ1v) is 6.68. The van der Waals surface area contributed by atoms with E-state index >= 15 is 0 Å². The highest BCUT2D eigenvalue weighted by Gasteiger charge is 2.25. The maximum absolute atomic E-state index is 13.6. The smallest absolute Gasteiger partial charge is 0.270 e. The second-order valence-corrected chi connectivity index (χ2v) is 5.14. The summed E-state index contributed by atoms with van der Waals surface area (Å²) in [6, 6.07) is 4.30. The van der Waals surface area contributed by atoms with Crippen molar-refractivity contribution in [1.82, 2.24) is 0 Å². The fourth-order valence-corrected chi connectivity index (χ4v) is 1.80. The minimum atomic E-state index is -2.99. The van der Waals surface area contributed by atoms with Gasteiger partial charge in [-0.2, -0.15) is 0 Å². The molecule has 1 aromatic rings. The largest absolute Gasteiger partial charge is 0.494 e. The SMILES string of the molecule is C=C(C)/C=C(\C=C(/C)Nc1ccc(OC)c(F)c1)C(C)(F)F. The molecular weight excluding hydrogens is 291 g/mol. The van der Waals surface area contributed by atoms with Crippen LogP contribution in [-0.4, -0.2) is 13.0 Å². The van der Waals surface area contributed by atoms with Crippen molar-refractivity contribution >= 4 is 5.69 Å². The summed E-state index contributed by atoms with van der Waals surface area (Å²) in [4.78, 5) is 0. The third kappa shape index (κ3) is 5.31. The molecule has 2 nitrogen and oxygen atoms in total. The molecule has 22 heavy (non-hydrogen) atoms. The molecule has 0 fully saturated rings. The van der Waals surface area contributed by atoms with Crippen LogP contribution < -0.4 is 10.1 Å². The highest BCUT2D eigenvalue weighted by Crippen LogP contribution is 2.27. The van der Waals surface area contributed by atoms with Crippen LogP contribution in [0.1, 0.15) is 20.8 Å². The Morgan fingerprint density at radius 1 is 1.27 bits per heavy atom. The maximum Gasteiger partial charge on any atom is 0.270 e. The Hall–Kier alpha value is -2.17. The highest BCUT2D eigenvalue weighted by molar-refractivity contribution is 5.52. The van der Waals surface area contributed by atoms with Gasteiger partial charge in [0.15, 0.2) is 11.6 Å². The molecule has 0 aliphatic heterocycles. The number of ether oxygens (including phenoxy) is 1. The average molecular weight is 311 g/mol. The maximum atomic E-state index is 13.6. The Kier molecular flexibility index (Phi) is 5.85. The molecule has 0 heterocycles. The average Bonchev–Trinajstić information content (AvgIpc) is 2.36. The van der Waals surface area contributed by atoms with Crippen molar-refractivity contribution in [3.63, 3.8) is 0 Å². The van der Waals surface area contributed by atoms with Crippen molar-refractivity contribution in [2.75, 3.05) is 12.4 Å². The molecule has 1 aromatic carbocycles. The van der Waals surface area contributed by atoms with Crippen molar-refractivity contribution in [2.24, 2.45) is 0 Å². The molecule has 0 aliphatic carbocycles. The van der Waals surface area contributed by atoms with Crippen LogP contribution in [0.3, 0.4) is 0 Å². The third-order valence-corrected chi connectivity index (χ3v) is 2.77. The van der Waals surface area contributed by atoms with Crippen LogP contribution in [0.2, 0.25) is 0 Å². The van der Waals surface area contributed by atoms with E-state index < -0.39 is 11.7 Å². The molecule has 1 N–H and O–H groups in total. The molecule has 0 radical (unpaired) electrons. The second-order valence-electron chi connectivity index (χ2n) is 5.14. The monoisotopic (exact) mass is 311 g/mol. The lowest BCUT2D eigenvalue weighted by Gasteiger charge is -2.14. The third-order valence-electron chi connectivity index (χ3n) is 2.77. The molecule has 0 atom stereocenters. The normalized spacial score (nSPS) is 13.0. The molecule has 0 unspecified atom stereocenters. The first-order valence-electron chi connectivity index (χ1n) is 6.68. The number of allylic oxidation sites excluding steroid dienone is 5. The van der Waals surface area contributed by atoms with Crippen LogP contribution in [0.25, 0.3) is 0 Å². The van der Waals surface area contributed by atoms with Gasteiger partial charge in [0, 0.05) is 29.9 Å². The van der Waals surface area contributed by atoms with Gasteiger partial charge in [0.05, 0.1) is 7.11 Å². The van der Waals surface area contributed by atoms with E-state index in [2.05, 4.69) is 11.9 Å². The van der Waals surface area contributed by atoms with Crippen molar-refractivity contribution < 1.29 is 17.9 Å². The number of halogens is 3. The molecule has 0 bridgehead atoms. The van der Waals surface area contributed by atoms with E-state index in [1.54, 1.807) is 19.9 Å². The molecule has 0 aromatic heterocycles. The summed E-state index contributed by atoms with van der Waals surface area (Å²) < 4.78 is 45.5. The Balaban J connectivity index is 3.01. The topological polar surface area (TPSA) is 21.3 Å². The number of rotatable bonds is 6. The Labute approximate surface area is 129 Å². The number of benzene rings is 1. The number of alkyl halides is 2. The van der Waals surface area contributed by atoms with Crippen LogP contribution in [0.5, 0.6) is 5.75 Å². The summed E-state index contributed by atoms with van der Waals surface area (Å²) in [7, 11) is 1.37. The minimum absolute atomic E-state index is 0.121. The fourth-order valence-electron chi connectivity index (χ4n) is 1.80. The van der Waals surface area contributed by atoms with Crippen LogP contribution in [-0.2, 0) is 0 Å². The van der Waals surface area contributed by atoms with E-state index in [4.69, 9.17) is 4.74 Å².